The fourth-order valence-corrected chi connectivity index (χ4v) is 21.9. The first-order chi connectivity index (χ1) is 64.3. The molecular formula is C120H131F5N4O4P2S2. The van der Waals surface area contributed by atoms with Crippen molar-refractivity contribution >= 4 is 113 Å². The average molecular weight is 1910 g/mol. The zero-order valence-corrected chi connectivity index (χ0v) is 86.9. The second-order valence-corrected chi connectivity index (χ2v) is 49.0. The molecule has 137 heavy (non-hydrogen) atoms. The molecule has 0 aliphatic rings. The number of phenols is 4. The van der Waals surface area contributed by atoms with Gasteiger partial charge in [-0.05, 0) is 181 Å². The van der Waals surface area contributed by atoms with Crippen molar-refractivity contribution in [3.8, 4) is 23.0 Å². The second-order valence-electron chi connectivity index (χ2n) is 42.4. The number of phenolic OH excluding ortho intramolecular Hbond substituents is 4. The molecule has 0 saturated carbocycles. The quantitative estimate of drug-likeness (QED) is 0.0179. The fourth-order valence-electron chi connectivity index (χ4n) is 15.2. The van der Waals surface area contributed by atoms with Crippen LogP contribution in [0.5, 0.6) is 23.0 Å². The Morgan fingerprint density at radius 2 is 0.547 bits per heavy atom. The van der Waals surface area contributed by atoms with Crippen LogP contribution < -0.4 is 37.1 Å². The molecule has 0 amide bonds. The van der Waals surface area contributed by atoms with Gasteiger partial charge in [0.1, 0.15) is 23.0 Å². The molecule has 0 bridgehead atoms. The number of rotatable bonds is 19. The Balaban J connectivity index is 0.000000176. The first kappa shape index (κ1) is 106. The Labute approximate surface area is 821 Å². The molecule has 0 heterocycles. The summed E-state index contributed by atoms with van der Waals surface area (Å²) in [6.45, 7) is 51.8. The van der Waals surface area contributed by atoms with Crippen molar-refractivity contribution in [1.82, 2.24) is 0 Å². The van der Waals surface area contributed by atoms with Crippen LogP contribution in [0.25, 0.3) is 0 Å². The van der Waals surface area contributed by atoms with E-state index in [9.17, 15) is 42.4 Å². The van der Waals surface area contributed by atoms with Crippen molar-refractivity contribution in [2.24, 2.45) is 15.0 Å². The Kier molecular flexibility index (Phi) is 34.3. The van der Waals surface area contributed by atoms with Crippen LogP contribution in [0.2, 0.25) is 0 Å². The number of anilines is 1. The molecule has 17 heteroatoms. The van der Waals surface area contributed by atoms with E-state index in [1.165, 1.54) is 65.7 Å². The van der Waals surface area contributed by atoms with Crippen LogP contribution >= 0.6 is 39.4 Å². The number of para-hydroxylation sites is 4. The first-order valence-electron chi connectivity index (χ1n) is 46.2. The Bertz CT molecular complexity index is 6490. The molecule has 14 rings (SSSR count). The summed E-state index contributed by atoms with van der Waals surface area (Å²) in [5.41, 5.74) is 13.2. The average Bonchev–Trinajstić information content (AvgIpc) is 0.768. The third-order valence-electron chi connectivity index (χ3n) is 23.2. The van der Waals surface area contributed by atoms with E-state index in [1.54, 1.807) is 36.2 Å². The molecule has 0 unspecified atom stereocenters. The molecule has 14 aromatic carbocycles. The van der Waals surface area contributed by atoms with E-state index in [1.807, 2.05) is 102 Å². The van der Waals surface area contributed by atoms with Gasteiger partial charge in [-0.3, -0.25) is 15.0 Å². The van der Waals surface area contributed by atoms with Gasteiger partial charge >= 0.3 is 0 Å². The van der Waals surface area contributed by atoms with Crippen LogP contribution in [0.1, 0.15) is 233 Å². The summed E-state index contributed by atoms with van der Waals surface area (Å²) in [6.07, 6.45) is 5.06. The van der Waals surface area contributed by atoms with Crippen molar-refractivity contribution in [3.63, 3.8) is 0 Å². The van der Waals surface area contributed by atoms with Crippen LogP contribution in [0.15, 0.2) is 332 Å². The topological polar surface area (TPSA) is 130 Å². The number of nitrogens with one attached hydrogen (secondary N) is 1. The molecule has 712 valence electrons. The zero-order valence-electron chi connectivity index (χ0n) is 83.5. The van der Waals surface area contributed by atoms with Gasteiger partial charge in [0.2, 0.25) is 5.82 Å². The van der Waals surface area contributed by atoms with Gasteiger partial charge in [0, 0.05) is 95.1 Å². The van der Waals surface area contributed by atoms with E-state index >= 15 is 0 Å². The van der Waals surface area contributed by atoms with E-state index < -0.39 is 49.8 Å². The molecule has 0 radical (unpaired) electrons. The molecular weight excluding hydrogens is 1780 g/mol. The summed E-state index contributed by atoms with van der Waals surface area (Å²) in [6, 6.07) is 101. The lowest BCUT2D eigenvalue weighted by Gasteiger charge is -2.28. The summed E-state index contributed by atoms with van der Waals surface area (Å²) in [7, 11) is -1.51. The summed E-state index contributed by atoms with van der Waals surface area (Å²) < 4.78 is 69.2. The van der Waals surface area contributed by atoms with Crippen molar-refractivity contribution in [1.29, 1.82) is 0 Å². The maximum Gasteiger partial charge on any atom is 0.200 e. The fraction of sp³-hybridized carbons (Fsp3) is 0.275. The highest BCUT2D eigenvalue weighted by molar-refractivity contribution is 7.99. The van der Waals surface area contributed by atoms with Crippen molar-refractivity contribution < 1.29 is 42.4 Å². The van der Waals surface area contributed by atoms with Gasteiger partial charge in [0.15, 0.2) is 23.3 Å². The van der Waals surface area contributed by atoms with Gasteiger partial charge < -0.3 is 25.7 Å². The van der Waals surface area contributed by atoms with E-state index in [0.29, 0.717) is 41.1 Å². The number of aromatic hydroxyl groups is 4. The molecule has 0 saturated heterocycles. The number of halogens is 5. The van der Waals surface area contributed by atoms with Gasteiger partial charge in [-0.15, -0.1) is 0 Å². The van der Waals surface area contributed by atoms with Crippen LogP contribution in [0.3, 0.4) is 0 Å². The van der Waals surface area contributed by atoms with Crippen molar-refractivity contribution in [2.75, 3.05) is 5.32 Å². The number of aliphatic imine (C=N–C) groups is 3. The Hall–Kier alpha value is -11.7. The van der Waals surface area contributed by atoms with Gasteiger partial charge in [0.25, 0.3) is 0 Å². The third kappa shape index (κ3) is 27.4. The molecule has 0 aromatic heterocycles. The minimum absolute atomic E-state index is 0.00466. The number of hydrogen-bond donors (Lipinski definition) is 5. The van der Waals surface area contributed by atoms with Crippen LogP contribution in [0.4, 0.5) is 44.7 Å². The van der Waals surface area contributed by atoms with Crippen LogP contribution in [0, 0.1) is 29.1 Å². The standard InChI is InChI=1S/C33H38NOP.C33H36NOP.C27H26F5NOS.C27H31NOS/c2*1-32(2,3)25-21-24(31(35)28(22-25)33(4,5)6)23-34-29-19-13-14-20-30(29)36(26-15-9-7-10-16-26)27-17-11-8-12-18-27;1-26(2,3)15-11-14(24(34)16(12-15)27(4,5)6)13-33-17-9-7-8-10-18(17)35-25-22(31)20(29)19(28)21(30)23(25)32;1-26(2,3)20-16-19(25(29)22(17-20)27(4,5)6)18-28-23-14-10-11-15-24(23)30-21-12-8-7-9-13-21/h7-22,34-35H,23H2,1-6H3;7-23,35H,1-6H3;7-13,34H,1-6H3;7-18,29H,1-6H3. The highest BCUT2D eigenvalue weighted by Gasteiger charge is 2.33. The van der Waals surface area contributed by atoms with E-state index in [0.717, 1.165) is 66.5 Å². The lowest BCUT2D eigenvalue weighted by molar-refractivity contribution is 0.361. The SMILES string of the molecule is CC(C)(C)c1cc(C=Nc2ccccc2P(c2ccccc2)c2ccccc2)c(O)c(C(C)(C)C)c1.CC(C)(C)c1cc(C=Nc2ccccc2Sc2c(F)c(F)c(F)c(F)c2F)c(O)c(C(C)(C)C)c1.CC(C)(C)c1cc(C=Nc2ccccc2Sc2ccccc2)c(O)c(C(C)(C)C)c1.CC(C)(C)c1cc(CNc2ccccc2P(c2ccccc2)c2ccccc2)c(O)c(C(C)(C)C)c1. The Morgan fingerprint density at radius 1 is 0.277 bits per heavy atom. The predicted molar refractivity (Wildman–Crippen MR) is 575 cm³/mol. The Morgan fingerprint density at radius 3 is 0.898 bits per heavy atom. The number of hydrogen-bond acceptors (Lipinski definition) is 10. The predicted octanol–water partition coefficient (Wildman–Crippen LogP) is 31.3. The largest absolute Gasteiger partial charge is 0.507 e. The van der Waals surface area contributed by atoms with E-state index in [4.69, 9.17) is 9.98 Å². The normalized spacial score (nSPS) is 12.4. The van der Waals surface area contributed by atoms with E-state index in [2.05, 4.69) is 353 Å². The second kappa shape index (κ2) is 44.4. The molecule has 8 nitrogen and oxygen atoms in total. The number of benzene rings is 14. The van der Waals surface area contributed by atoms with Crippen molar-refractivity contribution in [3.05, 3.63) is 393 Å². The summed E-state index contributed by atoms with van der Waals surface area (Å²) >= 11 is 2.08. The lowest BCUT2D eigenvalue weighted by atomic mass is 9.79. The molecule has 5 N–H and O–H groups in total. The highest BCUT2D eigenvalue weighted by atomic mass is 32.2. The smallest absolute Gasteiger partial charge is 0.200 e. The van der Waals surface area contributed by atoms with Crippen LogP contribution in [-0.4, -0.2) is 39.1 Å². The lowest BCUT2D eigenvalue weighted by Crippen LogP contribution is -2.23. The summed E-state index contributed by atoms with van der Waals surface area (Å²) in [5, 5.41) is 55.9. The highest BCUT2D eigenvalue weighted by Crippen LogP contribution is 2.47. The third-order valence-corrected chi connectivity index (χ3v) is 30.4. The molecule has 0 aliphatic heterocycles. The molecule has 0 aliphatic carbocycles. The minimum atomic E-state index is -2.21. The van der Waals surface area contributed by atoms with Gasteiger partial charge in [-0.1, -0.05) is 414 Å². The summed E-state index contributed by atoms with van der Waals surface area (Å²) in [5.74, 6) is -8.96. The first-order valence-corrected chi connectivity index (χ1v) is 50.6. The van der Waals surface area contributed by atoms with Gasteiger partial charge in [0.05, 0.1) is 22.0 Å². The molecule has 0 atom stereocenters. The minimum Gasteiger partial charge on any atom is -0.507 e. The van der Waals surface area contributed by atoms with Gasteiger partial charge in [-0.2, -0.15) is 0 Å². The maximum atomic E-state index is 14.2. The number of nitrogens with zero attached hydrogens (tertiary/aromatic N) is 3. The molecule has 14 aromatic rings. The summed E-state index contributed by atoms with van der Waals surface area (Å²) in [4.78, 5) is 15.6. The zero-order chi connectivity index (χ0) is 100. The maximum absolute atomic E-state index is 14.2. The molecule has 0 spiro atoms. The van der Waals surface area contributed by atoms with Gasteiger partial charge in [-0.25, -0.2) is 22.0 Å². The van der Waals surface area contributed by atoms with E-state index in [-0.39, 0.29) is 59.7 Å². The van der Waals surface area contributed by atoms with Crippen molar-refractivity contribution in [2.45, 2.75) is 236 Å². The molecule has 0 fully saturated rings. The monoisotopic (exact) mass is 1910 g/mol. The van der Waals surface area contributed by atoms with Crippen LogP contribution in [-0.2, 0) is 49.9 Å².